The summed E-state index contributed by atoms with van der Waals surface area (Å²) in [4.78, 5) is 4.33. The molecular formula is C14H20BN2O2. The van der Waals surface area contributed by atoms with Crippen LogP contribution in [0, 0.1) is 0 Å². The smallest absolute Gasteiger partial charge is 0.331 e. The monoisotopic (exact) mass is 259 g/mol. The second-order valence-corrected chi connectivity index (χ2v) is 5.87. The van der Waals surface area contributed by atoms with Crippen LogP contribution in [0.1, 0.15) is 27.7 Å². The predicted molar refractivity (Wildman–Crippen MR) is 77.6 cm³/mol. The highest BCUT2D eigenvalue weighted by Gasteiger charge is 2.35. The maximum Gasteiger partial charge on any atom is 0.331 e. The Balaban J connectivity index is 2.23. The summed E-state index contributed by atoms with van der Waals surface area (Å²) in [7, 11) is 3.66. The first kappa shape index (κ1) is 14.1. The zero-order chi connectivity index (χ0) is 14.3. The molecule has 0 aliphatic carbocycles. The van der Waals surface area contributed by atoms with Gasteiger partial charge in [0, 0.05) is 24.8 Å². The lowest BCUT2D eigenvalue weighted by atomic mass is 9.82. The van der Waals surface area contributed by atoms with Gasteiger partial charge in [-0.1, -0.05) is 0 Å². The molecule has 5 heteroatoms. The molecule has 0 atom stereocenters. The second-order valence-electron chi connectivity index (χ2n) is 5.87. The lowest BCUT2D eigenvalue weighted by molar-refractivity contribution is -0.0893. The van der Waals surface area contributed by atoms with Crippen molar-refractivity contribution in [1.29, 1.82) is 0 Å². The molecule has 101 valence electrons. The summed E-state index contributed by atoms with van der Waals surface area (Å²) < 4.78 is 7.75. The molecule has 0 saturated heterocycles. The third-order valence-corrected chi connectivity index (χ3v) is 3.76. The Morgan fingerprint density at radius 3 is 2.58 bits per heavy atom. The third-order valence-electron chi connectivity index (χ3n) is 3.76. The van der Waals surface area contributed by atoms with Crippen molar-refractivity contribution in [1.82, 2.24) is 9.55 Å². The summed E-state index contributed by atoms with van der Waals surface area (Å²) >= 11 is 0. The minimum absolute atomic E-state index is 0.669. The molecule has 0 aromatic carbocycles. The minimum atomic E-state index is -0.924. The van der Waals surface area contributed by atoms with Crippen LogP contribution in [0.25, 0.3) is 11.0 Å². The van der Waals surface area contributed by atoms with Gasteiger partial charge in [0.2, 0.25) is 0 Å². The van der Waals surface area contributed by atoms with Crippen LogP contribution in [0.5, 0.6) is 0 Å². The van der Waals surface area contributed by atoms with Gasteiger partial charge in [0.05, 0.1) is 11.2 Å². The van der Waals surface area contributed by atoms with Crippen LogP contribution in [0.4, 0.5) is 0 Å². The zero-order valence-electron chi connectivity index (χ0n) is 12.1. The molecule has 0 saturated carbocycles. The topological polar surface area (TPSA) is 47.3 Å². The van der Waals surface area contributed by atoms with E-state index in [1.54, 1.807) is 27.5 Å². The van der Waals surface area contributed by atoms with E-state index >= 15 is 0 Å². The molecule has 2 rings (SSSR count). The summed E-state index contributed by atoms with van der Waals surface area (Å²) in [6.07, 6.45) is 3.73. The van der Waals surface area contributed by atoms with Gasteiger partial charge in [-0.15, -0.1) is 0 Å². The first-order chi connectivity index (χ1) is 8.72. The lowest BCUT2D eigenvalue weighted by Crippen LogP contribution is -2.49. The van der Waals surface area contributed by atoms with Gasteiger partial charge in [0.1, 0.15) is 5.65 Å². The molecule has 2 aromatic rings. The van der Waals surface area contributed by atoms with Gasteiger partial charge in [0.15, 0.2) is 0 Å². The van der Waals surface area contributed by atoms with Gasteiger partial charge in [-0.3, -0.25) is 0 Å². The number of hydrogen-bond acceptors (Lipinski definition) is 3. The number of rotatable bonds is 4. The fourth-order valence-corrected chi connectivity index (χ4v) is 1.64. The summed E-state index contributed by atoms with van der Waals surface area (Å²) in [5.74, 6) is 0. The van der Waals surface area contributed by atoms with E-state index in [1.165, 1.54) is 0 Å². The van der Waals surface area contributed by atoms with Crippen molar-refractivity contribution in [2.24, 2.45) is 7.05 Å². The average Bonchev–Trinajstić information content (AvgIpc) is 2.68. The molecule has 4 nitrogen and oxygen atoms in total. The van der Waals surface area contributed by atoms with Crippen LogP contribution in [0.2, 0.25) is 0 Å². The number of nitrogens with zero attached hydrogens (tertiary/aromatic N) is 2. The number of aryl methyl sites for hydroxylation is 1. The molecule has 0 amide bonds. The van der Waals surface area contributed by atoms with Gasteiger partial charge < -0.3 is 14.3 Å². The van der Waals surface area contributed by atoms with E-state index in [0.717, 1.165) is 16.5 Å². The molecule has 0 spiro atoms. The summed E-state index contributed by atoms with van der Waals surface area (Å²) in [6.45, 7) is 7.22. The van der Waals surface area contributed by atoms with E-state index < -0.39 is 11.2 Å². The highest BCUT2D eigenvalue weighted by Crippen LogP contribution is 2.24. The number of pyridine rings is 1. The molecule has 1 N–H and O–H groups in total. The average molecular weight is 259 g/mol. The molecule has 1 radical (unpaired) electrons. The van der Waals surface area contributed by atoms with E-state index in [2.05, 4.69) is 4.98 Å². The van der Waals surface area contributed by atoms with Crippen LogP contribution < -0.4 is 5.46 Å². The molecule has 2 heterocycles. The molecule has 0 unspecified atom stereocenters. The van der Waals surface area contributed by atoms with Crippen LogP contribution in [0.15, 0.2) is 24.5 Å². The molecule has 0 aliphatic heterocycles. The van der Waals surface area contributed by atoms with E-state index in [9.17, 15) is 5.11 Å². The normalized spacial score (nSPS) is 12.9. The van der Waals surface area contributed by atoms with Crippen molar-refractivity contribution in [3.63, 3.8) is 0 Å². The molecule has 19 heavy (non-hydrogen) atoms. The number of aliphatic hydroxyl groups is 1. The molecule has 2 aromatic heterocycles. The Hall–Kier alpha value is -1.33. The SMILES string of the molecule is Cn1ccc2c([B]OC(C)(C)C(C)(C)O)ccnc21. The Morgan fingerprint density at radius 1 is 1.26 bits per heavy atom. The van der Waals surface area contributed by atoms with Gasteiger partial charge in [-0.05, 0) is 45.3 Å². The van der Waals surface area contributed by atoms with Crippen molar-refractivity contribution in [2.45, 2.75) is 38.9 Å². The third kappa shape index (κ3) is 2.67. The van der Waals surface area contributed by atoms with Crippen molar-refractivity contribution in [3.05, 3.63) is 24.5 Å². The Kier molecular flexibility index (Phi) is 3.45. The largest absolute Gasteiger partial charge is 0.427 e. The quantitative estimate of drug-likeness (QED) is 0.844. The second kappa shape index (κ2) is 4.65. The van der Waals surface area contributed by atoms with Crippen LogP contribution in [0.3, 0.4) is 0 Å². The van der Waals surface area contributed by atoms with Gasteiger partial charge in [-0.25, -0.2) is 4.98 Å². The van der Waals surface area contributed by atoms with Crippen LogP contribution in [-0.4, -0.2) is 33.3 Å². The predicted octanol–water partition coefficient (Wildman–Crippen LogP) is 1.38. The van der Waals surface area contributed by atoms with Gasteiger partial charge in [0.25, 0.3) is 0 Å². The van der Waals surface area contributed by atoms with Crippen LogP contribution >= 0.6 is 0 Å². The highest BCUT2D eigenvalue weighted by atomic mass is 16.5. The lowest BCUT2D eigenvalue weighted by Gasteiger charge is -2.37. The first-order valence-electron chi connectivity index (χ1n) is 6.36. The fraction of sp³-hybridized carbons (Fsp3) is 0.500. The molecule has 0 aliphatic rings. The number of fused-ring (bicyclic) bond motifs is 1. The Labute approximate surface area is 114 Å². The number of hydrogen-bond donors (Lipinski definition) is 1. The maximum absolute atomic E-state index is 10.1. The fourth-order valence-electron chi connectivity index (χ4n) is 1.64. The maximum atomic E-state index is 10.1. The molecule has 0 bridgehead atoms. The van der Waals surface area contributed by atoms with E-state index in [0.29, 0.717) is 0 Å². The van der Waals surface area contributed by atoms with Gasteiger partial charge in [-0.2, -0.15) is 0 Å². The minimum Gasteiger partial charge on any atom is -0.427 e. The van der Waals surface area contributed by atoms with Gasteiger partial charge >= 0.3 is 7.48 Å². The Morgan fingerprint density at radius 2 is 1.95 bits per heavy atom. The Bertz CT molecular complexity index is 585. The number of aromatic nitrogens is 2. The molecular weight excluding hydrogens is 239 g/mol. The molecule has 0 fully saturated rings. The van der Waals surface area contributed by atoms with E-state index in [-0.39, 0.29) is 0 Å². The zero-order valence-corrected chi connectivity index (χ0v) is 12.1. The van der Waals surface area contributed by atoms with Crippen molar-refractivity contribution >= 4 is 24.0 Å². The summed E-state index contributed by atoms with van der Waals surface area (Å²) in [6, 6.07) is 3.91. The summed E-state index contributed by atoms with van der Waals surface area (Å²) in [5.41, 5.74) is 0.283. The standard InChI is InChI=1S/C14H20BN2O2/c1-13(2,18)14(3,4)19-15-11-6-8-16-12-10(11)7-9-17(12)5/h6-9,18H,1-5H3. The first-order valence-corrected chi connectivity index (χ1v) is 6.36. The van der Waals surface area contributed by atoms with Crippen molar-refractivity contribution < 1.29 is 9.76 Å². The van der Waals surface area contributed by atoms with Crippen LogP contribution in [-0.2, 0) is 11.7 Å². The summed E-state index contributed by atoms with van der Waals surface area (Å²) in [5, 5.41) is 11.1. The highest BCUT2D eigenvalue weighted by molar-refractivity contribution is 6.51. The van der Waals surface area contributed by atoms with Crippen molar-refractivity contribution in [3.8, 4) is 0 Å². The van der Waals surface area contributed by atoms with Crippen molar-refractivity contribution in [2.75, 3.05) is 0 Å². The van der Waals surface area contributed by atoms with E-state index in [4.69, 9.17) is 4.65 Å². The van der Waals surface area contributed by atoms with E-state index in [1.807, 2.05) is 43.8 Å².